The van der Waals surface area contributed by atoms with Crippen LogP contribution in [0.25, 0.3) is 0 Å². The second-order valence-electron chi connectivity index (χ2n) is 4.37. The molecule has 0 fully saturated rings. The van der Waals surface area contributed by atoms with Crippen LogP contribution in [0, 0.1) is 0 Å². The summed E-state index contributed by atoms with van der Waals surface area (Å²) in [6.45, 7) is 5.13. The van der Waals surface area contributed by atoms with E-state index in [-0.39, 0.29) is 0 Å². The molecule has 0 saturated carbocycles. The number of hydrogen-bond donors (Lipinski definition) is 1. The van der Waals surface area contributed by atoms with Gasteiger partial charge in [0.25, 0.3) is 0 Å². The Kier molecular flexibility index (Phi) is 3.42. The summed E-state index contributed by atoms with van der Waals surface area (Å²) in [5, 5.41) is 3.01. The highest BCUT2D eigenvalue weighted by Crippen LogP contribution is 2.14. The van der Waals surface area contributed by atoms with E-state index in [4.69, 9.17) is 0 Å². The monoisotopic (exact) mass is 230 g/mol. The summed E-state index contributed by atoms with van der Waals surface area (Å²) in [6, 6.07) is 4.07. The Hall–Kier alpha value is -1.84. The van der Waals surface area contributed by atoms with Crippen molar-refractivity contribution in [2.45, 2.75) is 26.3 Å². The van der Waals surface area contributed by atoms with Gasteiger partial charge in [0, 0.05) is 31.6 Å². The largest absolute Gasteiger partial charge is 0.373 e. The lowest BCUT2D eigenvalue weighted by Gasteiger charge is -2.10. The number of nitrogens with zero attached hydrogens (tertiary/aromatic N) is 3. The Bertz CT molecular complexity index is 470. The van der Waals surface area contributed by atoms with Gasteiger partial charge in [-0.3, -0.25) is 0 Å². The predicted molar refractivity (Wildman–Crippen MR) is 69.2 cm³/mol. The van der Waals surface area contributed by atoms with Crippen LogP contribution >= 0.6 is 0 Å². The van der Waals surface area contributed by atoms with Gasteiger partial charge in [-0.15, -0.1) is 0 Å². The van der Waals surface area contributed by atoms with E-state index in [9.17, 15) is 0 Å². The molecule has 4 nitrogen and oxygen atoms in total. The van der Waals surface area contributed by atoms with Crippen molar-refractivity contribution in [1.82, 2.24) is 14.5 Å². The average molecular weight is 230 g/mol. The second kappa shape index (κ2) is 4.99. The molecule has 0 amide bonds. The first-order valence-corrected chi connectivity index (χ1v) is 5.84. The molecule has 4 heteroatoms. The molecule has 2 heterocycles. The van der Waals surface area contributed by atoms with Crippen molar-refractivity contribution in [1.29, 1.82) is 0 Å². The minimum Gasteiger partial charge on any atom is -0.373 e. The predicted octanol–water partition coefficient (Wildman–Crippen LogP) is 2.49. The highest BCUT2D eigenvalue weighted by Gasteiger charge is 2.07. The van der Waals surface area contributed by atoms with E-state index in [1.54, 1.807) is 0 Å². The van der Waals surface area contributed by atoms with Gasteiger partial charge in [-0.25, -0.2) is 9.97 Å². The number of pyridine rings is 1. The fourth-order valence-electron chi connectivity index (χ4n) is 1.82. The van der Waals surface area contributed by atoms with Gasteiger partial charge in [-0.2, -0.15) is 0 Å². The zero-order valence-corrected chi connectivity index (χ0v) is 10.5. The van der Waals surface area contributed by atoms with E-state index in [2.05, 4.69) is 39.8 Å². The minimum atomic E-state index is 0.439. The molecular weight excluding hydrogens is 212 g/mol. The van der Waals surface area contributed by atoms with Crippen molar-refractivity contribution in [3.63, 3.8) is 0 Å². The molecule has 0 aromatic carbocycles. The van der Waals surface area contributed by atoms with Gasteiger partial charge in [0.15, 0.2) is 0 Å². The molecule has 2 aromatic heterocycles. The molecule has 1 N–H and O–H groups in total. The van der Waals surface area contributed by atoms with Crippen molar-refractivity contribution in [2.75, 3.05) is 12.4 Å². The first-order valence-electron chi connectivity index (χ1n) is 5.84. The van der Waals surface area contributed by atoms with Crippen LogP contribution in [0.2, 0.25) is 0 Å². The summed E-state index contributed by atoms with van der Waals surface area (Å²) >= 11 is 0. The van der Waals surface area contributed by atoms with Crippen molar-refractivity contribution >= 4 is 5.82 Å². The molecular formula is C13H18N4. The van der Waals surface area contributed by atoms with Gasteiger partial charge >= 0.3 is 0 Å². The molecule has 0 aliphatic rings. The summed E-state index contributed by atoms with van der Waals surface area (Å²) in [5.41, 5.74) is 1.18. The fraction of sp³-hybridized carbons (Fsp3) is 0.385. The van der Waals surface area contributed by atoms with Crippen molar-refractivity contribution < 1.29 is 0 Å². The molecule has 0 atom stereocenters. The molecule has 2 rings (SSSR count). The Balaban J connectivity index is 2.16. The SMILES string of the molecule is CNc1ccc(Cn2ccnc2C(C)C)cn1. The molecule has 0 saturated heterocycles. The number of aromatic nitrogens is 3. The number of imidazole rings is 1. The Morgan fingerprint density at radius 2 is 2.12 bits per heavy atom. The second-order valence-corrected chi connectivity index (χ2v) is 4.37. The first-order chi connectivity index (χ1) is 8.20. The van der Waals surface area contributed by atoms with E-state index in [1.807, 2.05) is 31.7 Å². The molecule has 2 aromatic rings. The highest BCUT2D eigenvalue weighted by atomic mass is 15.1. The maximum atomic E-state index is 4.38. The van der Waals surface area contributed by atoms with E-state index < -0.39 is 0 Å². The van der Waals surface area contributed by atoms with Gasteiger partial charge < -0.3 is 9.88 Å². The number of hydrogen-bond acceptors (Lipinski definition) is 3. The van der Waals surface area contributed by atoms with Gasteiger partial charge in [0.1, 0.15) is 11.6 Å². The summed E-state index contributed by atoms with van der Waals surface area (Å²) in [4.78, 5) is 8.68. The van der Waals surface area contributed by atoms with Crippen LogP contribution in [0.4, 0.5) is 5.82 Å². The van der Waals surface area contributed by atoms with Crippen molar-refractivity contribution in [2.24, 2.45) is 0 Å². The van der Waals surface area contributed by atoms with Gasteiger partial charge in [-0.05, 0) is 11.6 Å². The topological polar surface area (TPSA) is 42.7 Å². The molecule has 0 radical (unpaired) electrons. The summed E-state index contributed by atoms with van der Waals surface area (Å²) in [5.74, 6) is 2.45. The normalized spacial score (nSPS) is 10.8. The molecule has 0 aliphatic carbocycles. The number of rotatable bonds is 4. The summed E-state index contributed by atoms with van der Waals surface area (Å²) < 4.78 is 2.17. The molecule has 90 valence electrons. The van der Waals surface area contributed by atoms with E-state index in [0.29, 0.717) is 5.92 Å². The first kappa shape index (κ1) is 11.6. The summed E-state index contributed by atoms with van der Waals surface area (Å²) in [7, 11) is 1.87. The Morgan fingerprint density at radius 1 is 1.29 bits per heavy atom. The number of anilines is 1. The van der Waals surface area contributed by atoms with Crippen LogP contribution in [-0.2, 0) is 6.54 Å². The van der Waals surface area contributed by atoms with Crippen LogP contribution in [0.3, 0.4) is 0 Å². The van der Waals surface area contributed by atoms with Crippen LogP contribution < -0.4 is 5.32 Å². The van der Waals surface area contributed by atoms with Gasteiger partial charge in [0.05, 0.1) is 6.54 Å². The van der Waals surface area contributed by atoms with Crippen molar-refractivity contribution in [3.8, 4) is 0 Å². The third-order valence-corrected chi connectivity index (χ3v) is 2.70. The van der Waals surface area contributed by atoms with Crippen LogP contribution in [0.5, 0.6) is 0 Å². The maximum absolute atomic E-state index is 4.38. The Labute approximate surface area is 102 Å². The van der Waals surface area contributed by atoms with Gasteiger partial charge in [0.2, 0.25) is 0 Å². The summed E-state index contributed by atoms with van der Waals surface area (Å²) in [6.07, 6.45) is 5.77. The quantitative estimate of drug-likeness (QED) is 0.877. The van der Waals surface area contributed by atoms with E-state index >= 15 is 0 Å². The minimum absolute atomic E-state index is 0.439. The van der Waals surface area contributed by atoms with E-state index in [1.165, 1.54) is 5.56 Å². The van der Waals surface area contributed by atoms with Crippen LogP contribution in [0.1, 0.15) is 31.2 Å². The smallest absolute Gasteiger partial charge is 0.125 e. The maximum Gasteiger partial charge on any atom is 0.125 e. The molecule has 0 aliphatic heterocycles. The number of nitrogens with one attached hydrogen (secondary N) is 1. The molecule has 0 bridgehead atoms. The van der Waals surface area contributed by atoms with Crippen LogP contribution in [0.15, 0.2) is 30.7 Å². The zero-order chi connectivity index (χ0) is 12.3. The fourth-order valence-corrected chi connectivity index (χ4v) is 1.82. The molecule has 0 spiro atoms. The lowest BCUT2D eigenvalue weighted by atomic mass is 10.2. The molecule has 17 heavy (non-hydrogen) atoms. The lowest BCUT2D eigenvalue weighted by Crippen LogP contribution is -2.06. The highest BCUT2D eigenvalue weighted by molar-refractivity contribution is 5.34. The van der Waals surface area contributed by atoms with Crippen LogP contribution in [-0.4, -0.2) is 21.6 Å². The molecule has 0 unspecified atom stereocenters. The van der Waals surface area contributed by atoms with Crippen molar-refractivity contribution in [3.05, 3.63) is 42.1 Å². The zero-order valence-electron chi connectivity index (χ0n) is 10.5. The average Bonchev–Trinajstić information content (AvgIpc) is 2.78. The third kappa shape index (κ3) is 2.64. The lowest BCUT2D eigenvalue weighted by molar-refractivity contribution is 0.668. The van der Waals surface area contributed by atoms with E-state index in [0.717, 1.165) is 18.2 Å². The Morgan fingerprint density at radius 3 is 2.71 bits per heavy atom. The van der Waals surface area contributed by atoms with Gasteiger partial charge in [-0.1, -0.05) is 19.9 Å². The third-order valence-electron chi connectivity index (χ3n) is 2.70. The standard InChI is InChI=1S/C13H18N4/c1-10(2)13-15-6-7-17(13)9-11-4-5-12(14-3)16-8-11/h4-8,10H,9H2,1-3H3,(H,14,16).